The van der Waals surface area contributed by atoms with Gasteiger partial charge in [-0.25, -0.2) is 4.98 Å². The molecule has 3 heterocycles. The summed E-state index contributed by atoms with van der Waals surface area (Å²) >= 11 is 0. The third-order valence-corrected chi connectivity index (χ3v) is 3.49. The molecule has 0 spiro atoms. The average Bonchev–Trinajstić information content (AvgIpc) is 3.08. The molecular weight excluding hydrogens is 238 g/mol. The van der Waals surface area contributed by atoms with Gasteiger partial charge in [-0.2, -0.15) is 5.10 Å². The predicted octanol–water partition coefficient (Wildman–Crippen LogP) is 2.34. The van der Waals surface area contributed by atoms with Gasteiger partial charge in [0.2, 0.25) is 0 Å². The largest absolute Gasteiger partial charge is 0.346 e. The normalized spacial score (nSPS) is 12.9. The predicted molar refractivity (Wildman–Crippen MR) is 75.7 cm³/mol. The number of nitrogens with zero attached hydrogens (tertiary/aromatic N) is 3. The maximum absolute atomic E-state index is 5.76. The van der Waals surface area contributed by atoms with E-state index in [-0.39, 0.29) is 6.04 Å². The van der Waals surface area contributed by atoms with E-state index in [9.17, 15) is 0 Å². The number of fused-ring (bicyclic) bond motifs is 1. The lowest BCUT2D eigenvalue weighted by Gasteiger charge is -2.12. The van der Waals surface area contributed by atoms with E-state index in [1.54, 1.807) is 0 Å². The lowest BCUT2D eigenvalue weighted by Crippen LogP contribution is -2.18. The van der Waals surface area contributed by atoms with Gasteiger partial charge in [-0.1, -0.05) is 6.92 Å². The van der Waals surface area contributed by atoms with E-state index in [1.165, 1.54) is 0 Å². The zero-order chi connectivity index (χ0) is 13.2. The summed E-state index contributed by atoms with van der Waals surface area (Å²) in [6, 6.07) is 4.31. The summed E-state index contributed by atoms with van der Waals surface area (Å²) in [7, 11) is 0. The SMILES string of the molecule is CCC(CN)n1cc(-c2ccnc3[nH]ccc23)cn1. The Labute approximate surface area is 111 Å². The van der Waals surface area contributed by atoms with Crippen LogP contribution in [0.3, 0.4) is 0 Å². The molecule has 0 amide bonds. The molecule has 1 unspecified atom stereocenters. The first-order valence-corrected chi connectivity index (χ1v) is 6.50. The second kappa shape index (κ2) is 4.85. The first-order chi connectivity index (χ1) is 9.33. The van der Waals surface area contributed by atoms with Crippen molar-refractivity contribution in [3.63, 3.8) is 0 Å². The van der Waals surface area contributed by atoms with Gasteiger partial charge in [-0.15, -0.1) is 0 Å². The molecule has 0 aliphatic heterocycles. The summed E-state index contributed by atoms with van der Waals surface area (Å²) in [5.41, 5.74) is 8.90. The van der Waals surface area contributed by atoms with Gasteiger partial charge in [-0.3, -0.25) is 4.68 Å². The summed E-state index contributed by atoms with van der Waals surface area (Å²) in [5.74, 6) is 0. The van der Waals surface area contributed by atoms with Crippen LogP contribution in [0.2, 0.25) is 0 Å². The highest BCUT2D eigenvalue weighted by Gasteiger charge is 2.11. The van der Waals surface area contributed by atoms with Crippen molar-refractivity contribution in [2.24, 2.45) is 5.73 Å². The molecule has 3 N–H and O–H groups in total. The molecular formula is C14H17N5. The number of pyridine rings is 1. The van der Waals surface area contributed by atoms with Crippen LogP contribution >= 0.6 is 0 Å². The molecule has 3 aromatic rings. The highest BCUT2D eigenvalue weighted by Crippen LogP contribution is 2.27. The number of rotatable bonds is 4. The van der Waals surface area contributed by atoms with E-state index in [4.69, 9.17) is 5.73 Å². The quantitative estimate of drug-likeness (QED) is 0.751. The Hall–Kier alpha value is -2.14. The van der Waals surface area contributed by atoms with E-state index >= 15 is 0 Å². The van der Waals surface area contributed by atoms with Gasteiger partial charge in [0, 0.05) is 36.1 Å². The molecule has 0 radical (unpaired) electrons. The first-order valence-electron chi connectivity index (χ1n) is 6.50. The lowest BCUT2D eigenvalue weighted by atomic mass is 10.1. The van der Waals surface area contributed by atoms with E-state index in [0.29, 0.717) is 6.54 Å². The number of nitrogens with one attached hydrogen (secondary N) is 1. The number of hydrogen-bond acceptors (Lipinski definition) is 3. The van der Waals surface area contributed by atoms with Gasteiger partial charge in [0.15, 0.2) is 0 Å². The van der Waals surface area contributed by atoms with Gasteiger partial charge < -0.3 is 10.7 Å². The molecule has 98 valence electrons. The Balaban J connectivity index is 2.05. The van der Waals surface area contributed by atoms with Crippen molar-refractivity contribution in [3.05, 3.63) is 36.9 Å². The summed E-state index contributed by atoms with van der Waals surface area (Å²) in [6.07, 6.45) is 8.64. The van der Waals surface area contributed by atoms with Gasteiger partial charge in [0.25, 0.3) is 0 Å². The van der Waals surface area contributed by atoms with Gasteiger partial charge in [0.1, 0.15) is 5.65 Å². The fourth-order valence-corrected chi connectivity index (χ4v) is 2.35. The Morgan fingerprint density at radius 2 is 2.32 bits per heavy atom. The molecule has 19 heavy (non-hydrogen) atoms. The monoisotopic (exact) mass is 255 g/mol. The zero-order valence-corrected chi connectivity index (χ0v) is 10.9. The molecule has 0 aliphatic rings. The van der Waals surface area contributed by atoms with Crippen molar-refractivity contribution < 1.29 is 0 Å². The lowest BCUT2D eigenvalue weighted by molar-refractivity contribution is 0.450. The van der Waals surface area contributed by atoms with Crippen molar-refractivity contribution in [2.75, 3.05) is 6.54 Å². The third-order valence-electron chi connectivity index (χ3n) is 3.49. The minimum absolute atomic E-state index is 0.261. The van der Waals surface area contributed by atoms with Crippen LogP contribution in [0.15, 0.2) is 36.9 Å². The fraction of sp³-hybridized carbons (Fsp3) is 0.286. The van der Waals surface area contributed by atoms with Crippen LogP contribution in [-0.2, 0) is 0 Å². The second-order valence-electron chi connectivity index (χ2n) is 4.61. The van der Waals surface area contributed by atoms with Crippen molar-refractivity contribution in [3.8, 4) is 11.1 Å². The Kier molecular flexibility index (Phi) is 3.05. The van der Waals surface area contributed by atoms with Gasteiger partial charge in [-0.05, 0) is 24.1 Å². The molecule has 0 saturated heterocycles. The molecule has 3 rings (SSSR count). The van der Waals surface area contributed by atoms with Gasteiger partial charge in [0.05, 0.1) is 12.2 Å². The smallest absolute Gasteiger partial charge is 0.137 e. The third kappa shape index (κ3) is 2.02. The summed E-state index contributed by atoms with van der Waals surface area (Å²) < 4.78 is 1.95. The van der Waals surface area contributed by atoms with Gasteiger partial charge >= 0.3 is 0 Å². The molecule has 0 aromatic carbocycles. The Bertz CT molecular complexity index is 678. The number of aromatic amines is 1. The number of aromatic nitrogens is 4. The molecule has 5 nitrogen and oxygen atoms in total. The Morgan fingerprint density at radius 3 is 3.11 bits per heavy atom. The van der Waals surface area contributed by atoms with Crippen LogP contribution < -0.4 is 5.73 Å². The molecule has 0 saturated carbocycles. The maximum Gasteiger partial charge on any atom is 0.137 e. The zero-order valence-electron chi connectivity index (χ0n) is 10.9. The van der Waals surface area contributed by atoms with Crippen molar-refractivity contribution >= 4 is 11.0 Å². The van der Waals surface area contributed by atoms with Crippen molar-refractivity contribution in [1.82, 2.24) is 19.7 Å². The molecule has 5 heteroatoms. The van der Waals surface area contributed by atoms with Crippen molar-refractivity contribution in [1.29, 1.82) is 0 Å². The highest BCUT2D eigenvalue weighted by atomic mass is 15.3. The topological polar surface area (TPSA) is 72.5 Å². The molecule has 3 aromatic heterocycles. The van der Waals surface area contributed by atoms with E-state index < -0.39 is 0 Å². The van der Waals surface area contributed by atoms with Crippen LogP contribution in [0.1, 0.15) is 19.4 Å². The standard InChI is InChI=1S/C14H17N5/c1-2-11(7-15)19-9-10(8-18-19)12-3-5-16-14-13(12)4-6-17-14/h3-6,8-9,11H,2,7,15H2,1H3,(H,16,17). The summed E-state index contributed by atoms with van der Waals surface area (Å²) in [6.45, 7) is 2.73. The van der Waals surface area contributed by atoms with Crippen LogP contribution in [-0.4, -0.2) is 26.3 Å². The number of H-pyrrole nitrogens is 1. The minimum Gasteiger partial charge on any atom is -0.346 e. The maximum atomic E-state index is 5.76. The van der Waals surface area contributed by atoms with E-state index in [2.05, 4.69) is 28.2 Å². The molecule has 0 bridgehead atoms. The van der Waals surface area contributed by atoms with E-state index in [1.807, 2.05) is 35.4 Å². The summed E-state index contributed by atoms with van der Waals surface area (Å²) in [4.78, 5) is 7.42. The average molecular weight is 255 g/mol. The number of hydrogen-bond donors (Lipinski definition) is 2. The first kappa shape index (κ1) is 11.9. The van der Waals surface area contributed by atoms with Crippen LogP contribution in [0.4, 0.5) is 0 Å². The number of nitrogens with two attached hydrogens (primary N) is 1. The minimum atomic E-state index is 0.261. The highest BCUT2D eigenvalue weighted by molar-refractivity contribution is 5.92. The van der Waals surface area contributed by atoms with E-state index in [0.717, 1.165) is 28.6 Å². The molecule has 0 aliphatic carbocycles. The fourth-order valence-electron chi connectivity index (χ4n) is 2.35. The Morgan fingerprint density at radius 1 is 1.42 bits per heavy atom. The summed E-state index contributed by atoms with van der Waals surface area (Å²) in [5, 5.41) is 5.55. The van der Waals surface area contributed by atoms with Crippen LogP contribution in [0, 0.1) is 0 Å². The second-order valence-corrected chi connectivity index (χ2v) is 4.61. The van der Waals surface area contributed by atoms with Crippen LogP contribution in [0.5, 0.6) is 0 Å². The van der Waals surface area contributed by atoms with Crippen molar-refractivity contribution in [2.45, 2.75) is 19.4 Å². The molecule has 0 fully saturated rings. The molecule has 1 atom stereocenters. The van der Waals surface area contributed by atoms with Crippen LogP contribution in [0.25, 0.3) is 22.2 Å².